The molecule has 3 rings (SSSR count). The number of ether oxygens (including phenoxy) is 1. The molecule has 0 bridgehead atoms. The lowest BCUT2D eigenvalue weighted by molar-refractivity contribution is 0.340. The number of hydrogen-bond acceptors (Lipinski definition) is 6. The molecule has 0 aliphatic rings. The van der Waals surface area contributed by atoms with Crippen LogP contribution in [-0.2, 0) is 19.7 Å². The van der Waals surface area contributed by atoms with Crippen LogP contribution in [0.3, 0.4) is 0 Å². The molecular formula is C24H25NO5S2. The molecule has 32 heavy (non-hydrogen) atoms. The van der Waals surface area contributed by atoms with Crippen LogP contribution in [0.25, 0.3) is 0 Å². The molecule has 168 valence electrons. The van der Waals surface area contributed by atoms with Crippen molar-refractivity contribution in [1.29, 1.82) is 0 Å². The standard InChI is InChI=1S/C24H25NO5S2/c1-4-30-21-11-9-20(10-12-21)25-17-24(31(26,27)22-13-5-18(2)6-14-22)32(28,29)23-15-7-19(3)8-16-23/h5-17,25H,4H2,1-3H3. The molecule has 3 aromatic rings. The van der Waals surface area contributed by atoms with Gasteiger partial charge in [-0.2, -0.15) is 0 Å². The number of nitrogens with one attached hydrogen (secondary N) is 1. The van der Waals surface area contributed by atoms with E-state index in [1.54, 1.807) is 48.5 Å². The van der Waals surface area contributed by atoms with Crippen molar-refractivity contribution in [3.8, 4) is 5.75 Å². The van der Waals surface area contributed by atoms with Gasteiger partial charge in [0.15, 0.2) is 4.24 Å². The van der Waals surface area contributed by atoms with Gasteiger partial charge in [-0.15, -0.1) is 0 Å². The molecule has 0 aliphatic carbocycles. The van der Waals surface area contributed by atoms with Gasteiger partial charge in [-0.3, -0.25) is 0 Å². The predicted octanol–water partition coefficient (Wildman–Crippen LogP) is 4.86. The summed E-state index contributed by atoms with van der Waals surface area (Å²) in [6, 6.07) is 18.9. The maximum Gasteiger partial charge on any atom is 0.219 e. The van der Waals surface area contributed by atoms with E-state index >= 15 is 0 Å². The topological polar surface area (TPSA) is 89.5 Å². The zero-order valence-electron chi connectivity index (χ0n) is 18.1. The van der Waals surface area contributed by atoms with Gasteiger partial charge in [-0.1, -0.05) is 35.4 Å². The Bertz CT molecular complexity index is 1230. The fourth-order valence-electron chi connectivity index (χ4n) is 2.92. The average Bonchev–Trinajstić information content (AvgIpc) is 2.75. The van der Waals surface area contributed by atoms with Gasteiger partial charge in [0.25, 0.3) is 0 Å². The Morgan fingerprint density at radius 1 is 0.750 bits per heavy atom. The first-order chi connectivity index (χ1) is 15.1. The molecule has 3 aromatic carbocycles. The van der Waals surface area contributed by atoms with Gasteiger partial charge in [-0.25, -0.2) is 16.8 Å². The molecule has 0 radical (unpaired) electrons. The van der Waals surface area contributed by atoms with Crippen molar-refractivity contribution in [3.63, 3.8) is 0 Å². The Hall–Kier alpha value is -3.10. The Kier molecular flexibility index (Phi) is 7.06. The minimum absolute atomic E-state index is 0.0986. The molecule has 0 heterocycles. The third-order valence-electron chi connectivity index (χ3n) is 4.71. The third kappa shape index (κ3) is 5.20. The highest BCUT2D eigenvalue weighted by atomic mass is 32.3. The van der Waals surface area contributed by atoms with Crippen molar-refractivity contribution in [2.75, 3.05) is 11.9 Å². The van der Waals surface area contributed by atoms with Crippen LogP contribution in [0.15, 0.2) is 93.0 Å². The molecule has 0 saturated carbocycles. The Morgan fingerprint density at radius 2 is 1.19 bits per heavy atom. The lowest BCUT2D eigenvalue weighted by atomic mass is 10.2. The van der Waals surface area contributed by atoms with E-state index in [-0.39, 0.29) is 9.79 Å². The van der Waals surface area contributed by atoms with Crippen LogP contribution in [0.2, 0.25) is 0 Å². The molecule has 8 heteroatoms. The van der Waals surface area contributed by atoms with Crippen LogP contribution in [0, 0.1) is 13.8 Å². The third-order valence-corrected chi connectivity index (χ3v) is 9.11. The van der Waals surface area contributed by atoms with Crippen LogP contribution < -0.4 is 10.1 Å². The molecule has 0 unspecified atom stereocenters. The van der Waals surface area contributed by atoms with Crippen molar-refractivity contribution in [1.82, 2.24) is 0 Å². The molecule has 0 spiro atoms. The summed E-state index contributed by atoms with van der Waals surface area (Å²) in [4.78, 5) is -0.197. The lowest BCUT2D eigenvalue weighted by Crippen LogP contribution is -2.16. The first-order valence-corrected chi connectivity index (χ1v) is 12.9. The number of benzene rings is 3. The SMILES string of the molecule is CCOc1ccc(NC=C(S(=O)(=O)c2ccc(C)cc2)S(=O)(=O)c2ccc(C)cc2)cc1. The summed E-state index contributed by atoms with van der Waals surface area (Å²) in [6.45, 7) is 6.03. The minimum atomic E-state index is -4.33. The summed E-state index contributed by atoms with van der Waals surface area (Å²) in [5, 5.41) is 2.81. The molecule has 1 N–H and O–H groups in total. The van der Waals surface area contributed by atoms with Gasteiger partial charge in [0.2, 0.25) is 19.7 Å². The van der Waals surface area contributed by atoms with Gasteiger partial charge in [0.1, 0.15) is 5.75 Å². The van der Waals surface area contributed by atoms with E-state index in [1.165, 1.54) is 24.3 Å². The van der Waals surface area contributed by atoms with E-state index in [9.17, 15) is 16.8 Å². The molecule has 0 atom stereocenters. The van der Waals surface area contributed by atoms with Crippen LogP contribution in [0.5, 0.6) is 5.75 Å². The van der Waals surface area contributed by atoms with Gasteiger partial charge in [-0.05, 0) is 69.3 Å². The highest BCUT2D eigenvalue weighted by Crippen LogP contribution is 2.30. The summed E-state index contributed by atoms with van der Waals surface area (Å²) in [6.07, 6.45) is 1.03. The maximum atomic E-state index is 13.4. The summed E-state index contributed by atoms with van der Waals surface area (Å²) in [7, 11) is -8.67. The molecule has 0 saturated heterocycles. The van der Waals surface area contributed by atoms with Crippen molar-refractivity contribution >= 4 is 25.4 Å². The Morgan fingerprint density at radius 3 is 1.59 bits per heavy atom. The average molecular weight is 472 g/mol. The van der Waals surface area contributed by atoms with Crippen LogP contribution in [-0.4, -0.2) is 23.4 Å². The monoisotopic (exact) mass is 471 g/mol. The molecule has 0 aromatic heterocycles. The fraction of sp³-hybridized carbons (Fsp3) is 0.167. The number of rotatable bonds is 8. The van der Waals surface area contributed by atoms with Crippen molar-refractivity contribution in [2.24, 2.45) is 0 Å². The van der Waals surface area contributed by atoms with Crippen molar-refractivity contribution < 1.29 is 21.6 Å². The molecule has 0 fully saturated rings. The molecule has 0 amide bonds. The maximum absolute atomic E-state index is 13.4. The minimum Gasteiger partial charge on any atom is -0.494 e. The van der Waals surface area contributed by atoms with Crippen molar-refractivity contribution in [3.05, 3.63) is 94.4 Å². The number of hydrogen-bond donors (Lipinski definition) is 1. The second-order valence-corrected chi connectivity index (χ2v) is 11.3. The Labute approximate surface area is 189 Å². The Balaban J connectivity index is 2.09. The van der Waals surface area contributed by atoms with Crippen LogP contribution >= 0.6 is 0 Å². The smallest absolute Gasteiger partial charge is 0.219 e. The largest absolute Gasteiger partial charge is 0.494 e. The van der Waals surface area contributed by atoms with E-state index in [0.717, 1.165) is 17.3 Å². The second kappa shape index (κ2) is 9.58. The molecular weight excluding hydrogens is 446 g/mol. The predicted molar refractivity (Wildman–Crippen MR) is 126 cm³/mol. The second-order valence-electron chi connectivity index (χ2n) is 7.20. The highest BCUT2D eigenvalue weighted by Gasteiger charge is 2.33. The molecule has 0 aliphatic heterocycles. The van der Waals surface area contributed by atoms with E-state index in [0.29, 0.717) is 18.0 Å². The van der Waals surface area contributed by atoms with Crippen molar-refractivity contribution in [2.45, 2.75) is 30.6 Å². The summed E-state index contributed by atoms with van der Waals surface area (Å²) in [5.41, 5.74) is 2.25. The quantitative estimate of drug-likeness (QED) is 0.505. The van der Waals surface area contributed by atoms with Crippen LogP contribution in [0.4, 0.5) is 5.69 Å². The van der Waals surface area contributed by atoms with E-state index in [4.69, 9.17) is 4.74 Å². The number of aryl methyl sites for hydroxylation is 2. The fourth-order valence-corrected chi connectivity index (χ4v) is 6.54. The summed E-state index contributed by atoms with van der Waals surface area (Å²) in [5.74, 6) is 0.654. The summed E-state index contributed by atoms with van der Waals surface area (Å²) >= 11 is 0. The van der Waals surface area contributed by atoms with E-state index < -0.39 is 23.9 Å². The van der Waals surface area contributed by atoms with Gasteiger partial charge >= 0.3 is 0 Å². The van der Waals surface area contributed by atoms with E-state index in [1.807, 2.05) is 20.8 Å². The lowest BCUT2D eigenvalue weighted by Gasteiger charge is -2.12. The molecule has 6 nitrogen and oxygen atoms in total. The zero-order valence-corrected chi connectivity index (χ0v) is 19.7. The number of anilines is 1. The first-order valence-electron chi connectivity index (χ1n) is 9.97. The van der Waals surface area contributed by atoms with E-state index in [2.05, 4.69) is 5.32 Å². The first kappa shape index (κ1) is 23.6. The highest BCUT2D eigenvalue weighted by molar-refractivity contribution is 8.14. The van der Waals surface area contributed by atoms with Gasteiger partial charge in [0.05, 0.1) is 16.4 Å². The van der Waals surface area contributed by atoms with Crippen LogP contribution in [0.1, 0.15) is 18.1 Å². The summed E-state index contributed by atoms with van der Waals surface area (Å²) < 4.78 is 58.2. The normalized spacial score (nSPS) is 11.6. The zero-order chi connectivity index (χ0) is 23.4. The number of sulfone groups is 2. The van der Waals surface area contributed by atoms with Gasteiger partial charge in [0, 0.05) is 11.9 Å². The van der Waals surface area contributed by atoms with Gasteiger partial charge < -0.3 is 10.1 Å².